The third-order valence-electron chi connectivity index (χ3n) is 3.37. The highest BCUT2D eigenvalue weighted by Crippen LogP contribution is 2.27. The van der Waals surface area contributed by atoms with Crippen LogP contribution in [-0.2, 0) is 6.54 Å². The fourth-order valence-corrected chi connectivity index (χ4v) is 2.37. The van der Waals surface area contributed by atoms with E-state index >= 15 is 0 Å². The molecule has 0 aromatic heterocycles. The van der Waals surface area contributed by atoms with Gasteiger partial charge in [-0.15, -0.1) is 0 Å². The van der Waals surface area contributed by atoms with E-state index in [1.807, 2.05) is 42.5 Å². The molecule has 0 N–H and O–H groups in total. The molecular weight excluding hydrogens is 261 g/mol. The summed E-state index contributed by atoms with van der Waals surface area (Å²) in [5.74, 6) is -0.200. The summed E-state index contributed by atoms with van der Waals surface area (Å²) in [6, 6.07) is 27.0. The standard InChI is InChI=1S/C19H16FN/c20-17-9-7-8-16(14-17)15-21(18-10-3-1-4-11-18)19-12-5-2-6-13-19/h1-14H,15H2. The van der Waals surface area contributed by atoms with Crippen LogP contribution in [0.1, 0.15) is 5.56 Å². The largest absolute Gasteiger partial charge is 0.337 e. The van der Waals surface area contributed by atoms with E-state index in [-0.39, 0.29) is 5.82 Å². The first-order chi connectivity index (χ1) is 10.3. The quantitative estimate of drug-likeness (QED) is 0.636. The Balaban J connectivity index is 1.97. The molecule has 0 amide bonds. The van der Waals surface area contributed by atoms with Gasteiger partial charge in [0.05, 0.1) is 0 Å². The molecular formula is C19H16FN. The van der Waals surface area contributed by atoms with Crippen molar-refractivity contribution in [1.29, 1.82) is 0 Å². The van der Waals surface area contributed by atoms with Gasteiger partial charge in [-0.2, -0.15) is 0 Å². The molecule has 0 fully saturated rings. The number of benzene rings is 3. The highest BCUT2D eigenvalue weighted by molar-refractivity contribution is 5.63. The fraction of sp³-hybridized carbons (Fsp3) is 0.0526. The molecule has 21 heavy (non-hydrogen) atoms. The number of nitrogens with zero attached hydrogens (tertiary/aromatic N) is 1. The Hall–Kier alpha value is -2.61. The Labute approximate surface area is 124 Å². The van der Waals surface area contributed by atoms with Gasteiger partial charge in [-0.1, -0.05) is 48.5 Å². The molecule has 0 radical (unpaired) electrons. The minimum Gasteiger partial charge on any atom is -0.337 e. The third kappa shape index (κ3) is 3.29. The van der Waals surface area contributed by atoms with E-state index in [0.29, 0.717) is 6.54 Å². The first-order valence-corrected chi connectivity index (χ1v) is 6.95. The summed E-state index contributed by atoms with van der Waals surface area (Å²) in [5.41, 5.74) is 3.13. The Morgan fingerprint density at radius 3 is 1.76 bits per heavy atom. The molecule has 0 aliphatic rings. The lowest BCUT2D eigenvalue weighted by molar-refractivity contribution is 0.625. The number of para-hydroxylation sites is 2. The molecule has 3 aromatic rings. The smallest absolute Gasteiger partial charge is 0.123 e. The molecule has 0 saturated carbocycles. The summed E-state index contributed by atoms with van der Waals surface area (Å²) < 4.78 is 13.4. The van der Waals surface area contributed by atoms with Crippen molar-refractivity contribution >= 4 is 11.4 Å². The first-order valence-electron chi connectivity index (χ1n) is 6.95. The monoisotopic (exact) mass is 277 g/mol. The van der Waals surface area contributed by atoms with Crippen molar-refractivity contribution in [3.05, 3.63) is 96.3 Å². The lowest BCUT2D eigenvalue weighted by Gasteiger charge is -2.25. The molecule has 0 unspecified atom stereocenters. The number of hydrogen-bond donors (Lipinski definition) is 0. The van der Waals surface area contributed by atoms with Gasteiger partial charge in [0.2, 0.25) is 0 Å². The minimum absolute atomic E-state index is 0.200. The maximum atomic E-state index is 13.4. The van der Waals surface area contributed by atoms with Crippen molar-refractivity contribution in [2.45, 2.75) is 6.54 Å². The molecule has 3 rings (SSSR count). The van der Waals surface area contributed by atoms with E-state index in [2.05, 4.69) is 29.2 Å². The zero-order valence-electron chi connectivity index (χ0n) is 11.6. The van der Waals surface area contributed by atoms with E-state index < -0.39 is 0 Å². The molecule has 0 bridgehead atoms. The van der Waals surface area contributed by atoms with Crippen LogP contribution in [0.2, 0.25) is 0 Å². The maximum absolute atomic E-state index is 13.4. The number of halogens is 1. The number of anilines is 2. The van der Waals surface area contributed by atoms with Crippen LogP contribution in [0.15, 0.2) is 84.9 Å². The van der Waals surface area contributed by atoms with Gasteiger partial charge in [0, 0.05) is 17.9 Å². The van der Waals surface area contributed by atoms with E-state index in [0.717, 1.165) is 16.9 Å². The van der Waals surface area contributed by atoms with Crippen LogP contribution in [-0.4, -0.2) is 0 Å². The first kappa shape index (κ1) is 13.4. The molecule has 0 aliphatic carbocycles. The molecule has 1 nitrogen and oxygen atoms in total. The van der Waals surface area contributed by atoms with Crippen LogP contribution in [0, 0.1) is 5.82 Å². The highest BCUT2D eigenvalue weighted by atomic mass is 19.1. The Morgan fingerprint density at radius 1 is 0.667 bits per heavy atom. The molecule has 0 heterocycles. The lowest BCUT2D eigenvalue weighted by Crippen LogP contribution is -2.16. The average Bonchev–Trinajstić information content (AvgIpc) is 2.54. The summed E-state index contributed by atoms with van der Waals surface area (Å²) >= 11 is 0. The summed E-state index contributed by atoms with van der Waals surface area (Å²) in [4.78, 5) is 2.18. The van der Waals surface area contributed by atoms with Crippen LogP contribution < -0.4 is 4.90 Å². The van der Waals surface area contributed by atoms with E-state index in [9.17, 15) is 4.39 Å². The minimum atomic E-state index is -0.200. The van der Waals surface area contributed by atoms with Crippen molar-refractivity contribution in [3.8, 4) is 0 Å². The summed E-state index contributed by atoms with van der Waals surface area (Å²) in [6.07, 6.45) is 0. The van der Waals surface area contributed by atoms with Crippen LogP contribution in [0.3, 0.4) is 0 Å². The molecule has 0 aliphatic heterocycles. The molecule has 0 saturated heterocycles. The molecule has 3 aromatic carbocycles. The molecule has 2 heteroatoms. The maximum Gasteiger partial charge on any atom is 0.123 e. The van der Waals surface area contributed by atoms with Gasteiger partial charge in [-0.05, 0) is 42.0 Å². The van der Waals surface area contributed by atoms with E-state index in [4.69, 9.17) is 0 Å². The Morgan fingerprint density at radius 2 is 1.24 bits per heavy atom. The number of hydrogen-bond acceptors (Lipinski definition) is 1. The Kier molecular flexibility index (Phi) is 3.97. The van der Waals surface area contributed by atoms with Crippen LogP contribution in [0.4, 0.5) is 15.8 Å². The van der Waals surface area contributed by atoms with Gasteiger partial charge >= 0.3 is 0 Å². The second-order valence-corrected chi connectivity index (χ2v) is 4.89. The van der Waals surface area contributed by atoms with Gasteiger partial charge in [0.15, 0.2) is 0 Å². The fourth-order valence-electron chi connectivity index (χ4n) is 2.37. The average molecular weight is 277 g/mol. The number of rotatable bonds is 4. The van der Waals surface area contributed by atoms with Crippen molar-refractivity contribution < 1.29 is 4.39 Å². The van der Waals surface area contributed by atoms with Crippen LogP contribution >= 0.6 is 0 Å². The van der Waals surface area contributed by atoms with Crippen molar-refractivity contribution in [1.82, 2.24) is 0 Å². The van der Waals surface area contributed by atoms with Gasteiger partial charge in [-0.3, -0.25) is 0 Å². The van der Waals surface area contributed by atoms with Crippen molar-refractivity contribution in [2.24, 2.45) is 0 Å². The van der Waals surface area contributed by atoms with Gasteiger partial charge in [-0.25, -0.2) is 4.39 Å². The molecule has 104 valence electrons. The second-order valence-electron chi connectivity index (χ2n) is 4.89. The summed E-state index contributed by atoms with van der Waals surface area (Å²) in [5, 5.41) is 0. The van der Waals surface area contributed by atoms with Crippen LogP contribution in [0.5, 0.6) is 0 Å². The summed E-state index contributed by atoms with van der Waals surface area (Å²) in [7, 11) is 0. The van der Waals surface area contributed by atoms with Crippen molar-refractivity contribution in [3.63, 3.8) is 0 Å². The van der Waals surface area contributed by atoms with Crippen LogP contribution in [0.25, 0.3) is 0 Å². The Bertz CT molecular complexity index is 656. The lowest BCUT2D eigenvalue weighted by atomic mass is 10.1. The molecule has 0 atom stereocenters. The zero-order chi connectivity index (χ0) is 14.5. The predicted molar refractivity (Wildman–Crippen MR) is 85.1 cm³/mol. The normalized spacial score (nSPS) is 10.3. The van der Waals surface area contributed by atoms with E-state index in [1.165, 1.54) is 6.07 Å². The van der Waals surface area contributed by atoms with Crippen molar-refractivity contribution in [2.75, 3.05) is 4.90 Å². The topological polar surface area (TPSA) is 3.24 Å². The third-order valence-corrected chi connectivity index (χ3v) is 3.37. The molecule has 0 spiro atoms. The highest BCUT2D eigenvalue weighted by Gasteiger charge is 2.09. The zero-order valence-corrected chi connectivity index (χ0v) is 11.6. The van der Waals surface area contributed by atoms with E-state index in [1.54, 1.807) is 12.1 Å². The second kappa shape index (κ2) is 6.23. The van der Waals surface area contributed by atoms with Gasteiger partial charge < -0.3 is 4.90 Å². The SMILES string of the molecule is Fc1cccc(CN(c2ccccc2)c2ccccc2)c1. The summed E-state index contributed by atoms with van der Waals surface area (Å²) in [6.45, 7) is 0.631. The van der Waals surface area contributed by atoms with Gasteiger partial charge in [0.25, 0.3) is 0 Å². The van der Waals surface area contributed by atoms with Gasteiger partial charge in [0.1, 0.15) is 5.82 Å². The predicted octanol–water partition coefficient (Wildman–Crippen LogP) is 5.16.